The molecule has 0 bridgehead atoms. The Balaban J connectivity index is 2.23. The fourth-order valence-electron chi connectivity index (χ4n) is 2.12. The summed E-state index contributed by atoms with van der Waals surface area (Å²) in [6.45, 7) is 1.90. The molecule has 1 unspecified atom stereocenters. The largest absolute Gasteiger partial charge is 0.335 e. The number of carbonyl (C=O) groups is 1. The molecule has 0 N–H and O–H groups in total. The normalized spacial score (nSPS) is 11.6. The minimum Gasteiger partial charge on any atom is -0.335 e. The number of hydrogen-bond acceptors (Lipinski definition) is 2. The lowest BCUT2D eigenvalue weighted by atomic mass is 10.1. The van der Waals surface area contributed by atoms with Gasteiger partial charge in [0, 0.05) is 22.7 Å². The summed E-state index contributed by atoms with van der Waals surface area (Å²) < 4.78 is 0. The van der Waals surface area contributed by atoms with Crippen LogP contribution >= 0.6 is 23.2 Å². The molecule has 0 aliphatic heterocycles. The van der Waals surface area contributed by atoms with Gasteiger partial charge in [-0.3, -0.25) is 4.79 Å². The third-order valence-electron chi connectivity index (χ3n) is 3.57. The molecule has 22 heavy (non-hydrogen) atoms. The number of nitriles is 1. The van der Waals surface area contributed by atoms with Crippen LogP contribution in [-0.4, -0.2) is 17.9 Å². The van der Waals surface area contributed by atoms with E-state index in [1.165, 1.54) is 0 Å². The van der Waals surface area contributed by atoms with E-state index >= 15 is 0 Å². The summed E-state index contributed by atoms with van der Waals surface area (Å²) in [4.78, 5) is 14.1. The number of carbonyl (C=O) groups excluding carboxylic acids is 1. The zero-order valence-electron chi connectivity index (χ0n) is 12.2. The number of rotatable bonds is 3. The first-order chi connectivity index (χ1) is 10.4. The van der Waals surface area contributed by atoms with Crippen molar-refractivity contribution in [2.45, 2.75) is 13.0 Å². The lowest BCUT2D eigenvalue weighted by molar-refractivity contribution is 0.0743. The van der Waals surface area contributed by atoms with Crippen molar-refractivity contribution >= 4 is 29.1 Å². The summed E-state index contributed by atoms with van der Waals surface area (Å²) in [5.74, 6) is -0.136. The van der Waals surface area contributed by atoms with E-state index in [2.05, 4.69) is 0 Å². The highest BCUT2D eigenvalue weighted by molar-refractivity contribution is 6.35. The van der Waals surface area contributed by atoms with Crippen LogP contribution in [0.5, 0.6) is 0 Å². The predicted molar refractivity (Wildman–Crippen MR) is 88.1 cm³/mol. The van der Waals surface area contributed by atoms with Crippen molar-refractivity contribution in [2.24, 2.45) is 0 Å². The van der Waals surface area contributed by atoms with Gasteiger partial charge in [0.2, 0.25) is 0 Å². The van der Waals surface area contributed by atoms with Gasteiger partial charge in [0.1, 0.15) is 0 Å². The number of halogens is 2. The van der Waals surface area contributed by atoms with E-state index in [4.69, 9.17) is 28.5 Å². The fourth-order valence-corrected chi connectivity index (χ4v) is 2.68. The topological polar surface area (TPSA) is 44.1 Å². The number of benzene rings is 2. The molecule has 1 atom stereocenters. The van der Waals surface area contributed by atoms with Crippen LogP contribution < -0.4 is 0 Å². The highest BCUT2D eigenvalue weighted by Crippen LogP contribution is 2.29. The second-order valence-electron chi connectivity index (χ2n) is 4.95. The van der Waals surface area contributed by atoms with E-state index in [9.17, 15) is 4.79 Å². The van der Waals surface area contributed by atoms with Crippen LogP contribution in [0.3, 0.4) is 0 Å². The van der Waals surface area contributed by atoms with Gasteiger partial charge < -0.3 is 4.90 Å². The summed E-state index contributed by atoms with van der Waals surface area (Å²) in [6, 6.07) is 13.6. The number of hydrogen-bond donors (Lipinski definition) is 0. The molecule has 0 aliphatic carbocycles. The average molecular weight is 333 g/mol. The second-order valence-corrected chi connectivity index (χ2v) is 5.79. The summed E-state index contributed by atoms with van der Waals surface area (Å²) >= 11 is 12.1. The summed E-state index contributed by atoms with van der Waals surface area (Å²) in [5.41, 5.74) is 1.88. The van der Waals surface area contributed by atoms with Crippen molar-refractivity contribution in [3.05, 3.63) is 69.2 Å². The van der Waals surface area contributed by atoms with Crippen LogP contribution in [0.2, 0.25) is 10.0 Å². The number of amides is 1. The molecule has 2 aromatic rings. The zero-order chi connectivity index (χ0) is 16.3. The van der Waals surface area contributed by atoms with Gasteiger partial charge in [-0.1, -0.05) is 29.3 Å². The average Bonchev–Trinajstić information content (AvgIpc) is 2.53. The first-order valence-corrected chi connectivity index (χ1v) is 7.42. The molecule has 0 spiro atoms. The van der Waals surface area contributed by atoms with Gasteiger partial charge in [-0.15, -0.1) is 0 Å². The van der Waals surface area contributed by atoms with Gasteiger partial charge in [-0.25, -0.2) is 0 Å². The highest BCUT2D eigenvalue weighted by Gasteiger charge is 2.20. The Hall–Kier alpha value is -2.02. The molecule has 5 heteroatoms. The van der Waals surface area contributed by atoms with E-state index in [1.807, 2.05) is 19.1 Å². The maximum Gasteiger partial charge on any atom is 0.254 e. The zero-order valence-corrected chi connectivity index (χ0v) is 13.7. The predicted octanol–water partition coefficient (Wildman–Crippen LogP) is 4.70. The Bertz CT molecular complexity index is 735. The van der Waals surface area contributed by atoms with E-state index in [0.29, 0.717) is 21.2 Å². The molecular weight excluding hydrogens is 319 g/mol. The van der Waals surface area contributed by atoms with Gasteiger partial charge in [0.15, 0.2) is 0 Å². The molecule has 112 valence electrons. The van der Waals surface area contributed by atoms with E-state index in [-0.39, 0.29) is 11.9 Å². The highest BCUT2D eigenvalue weighted by atomic mass is 35.5. The molecule has 1 amide bonds. The molecule has 0 saturated carbocycles. The Morgan fingerprint density at radius 3 is 2.36 bits per heavy atom. The number of nitrogens with zero attached hydrogens (tertiary/aromatic N) is 2. The molecule has 0 saturated heterocycles. The molecule has 0 aliphatic rings. The molecular formula is C17H14Cl2N2O. The van der Waals surface area contributed by atoms with Crippen LogP contribution in [0.15, 0.2) is 42.5 Å². The molecule has 0 fully saturated rings. The molecule has 0 aromatic heterocycles. The van der Waals surface area contributed by atoms with Crippen molar-refractivity contribution in [2.75, 3.05) is 7.05 Å². The van der Waals surface area contributed by atoms with Gasteiger partial charge in [-0.2, -0.15) is 5.26 Å². The van der Waals surface area contributed by atoms with Gasteiger partial charge in [0.25, 0.3) is 5.91 Å². The summed E-state index contributed by atoms with van der Waals surface area (Å²) in [5, 5.41) is 9.88. The maximum absolute atomic E-state index is 12.5. The third-order valence-corrected chi connectivity index (χ3v) is 4.14. The lowest BCUT2D eigenvalue weighted by Gasteiger charge is -2.26. The van der Waals surface area contributed by atoms with Gasteiger partial charge in [0.05, 0.1) is 17.7 Å². The van der Waals surface area contributed by atoms with Crippen LogP contribution in [-0.2, 0) is 0 Å². The minimum atomic E-state index is -0.201. The van der Waals surface area contributed by atoms with E-state index in [1.54, 1.807) is 48.3 Å². The SMILES string of the molecule is CC(c1ccc(Cl)cc1Cl)N(C)C(=O)c1ccc(C#N)cc1. The lowest BCUT2D eigenvalue weighted by Crippen LogP contribution is -2.29. The quantitative estimate of drug-likeness (QED) is 0.817. The summed E-state index contributed by atoms with van der Waals surface area (Å²) in [7, 11) is 1.72. The summed E-state index contributed by atoms with van der Waals surface area (Å²) in [6.07, 6.45) is 0. The minimum absolute atomic E-state index is 0.136. The van der Waals surface area contributed by atoms with E-state index < -0.39 is 0 Å². The van der Waals surface area contributed by atoms with Crippen LogP contribution in [0.1, 0.15) is 34.5 Å². The Morgan fingerprint density at radius 1 is 1.18 bits per heavy atom. The third kappa shape index (κ3) is 3.41. The molecule has 0 radical (unpaired) electrons. The Labute approximate surface area is 139 Å². The Morgan fingerprint density at radius 2 is 1.82 bits per heavy atom. The van der Waals surface area contributed by atoms with Crippen LogP contribution in [0.4, 0.5) is 0 Å². The molecule has 2 rings (SSSR count). The standard InChI is InChI=1S/C17H14Cl2N2O/c1-11(15-8-7-14(18)9-16(15)19)21(2)17(22)13-5-3-12(10-20)4-6-13/h3-9,11H,1-2H3. The fraction of sp³-hybridized carbons (Fsp3) is 0.176. The van der Waals surface area contributed by atoms with Crippen LogP contribution in [0, 0.1) is 11.3 Å². The van der Waals surface area contributed by atoms with Gasteiger partial charge >= 0.3 is 0 Å². The van der Waals surface area contributed by atoms with Crippen molar-refractivity contribution in [1.82, 2.24) is 4.90 Å². The first-order valence-electron chi connectivity index (χ1n) is 6.66. The van der Waals surface area contributed by atoms with Crippen LogP contribution in [0.25, 0.3) is 0 Å². The Kier molecular flexibility index (Phi) is 5.07. The first kappa shape index (κ1) is 16.4. The second kappa shape index (κ2) is 6.83. The van der Waals surface area contributed by atoms with Crippen molar-refractivity contribution in [3.8, 4) is 6.07 Å². The van der Waals surface area contributed by atoms with Crippen molar-refractivity contribution in [1.29, 1.82) is 5.26 Å². The molecule has 0 heterocycles. The van der Waals surface area contributed by atoms with E-state index in [0.717, 1.165) is 5.56 Å². The molecule has 3 nitrogen and oxygen atoms in total. The van der Waals surface area contributed by atoms with Crippen molar-refractivity contribution in [3.63, 3.8) is 0 Å². The maximum atomic E-state index is 12.5. The smallest absolute Gasteiger partial charge is 0.254 e. The monoisotopic (exact) mass is 332 g/mol. The van der Waals surface area contributed by atoms with Gasteiger partial charge in [-0.05, 0) is 48.9 Å². The van der Waals surface area contributed by atoms with Crippen molar-refractivity contribution < 1.29 is 4.79 Å². The molecule has 2 aromatic carbocycles.